The van der Waals surface area contributed by atoms with Crippen LogP contribution in [0.4, 0.5) is 0 Å². The second-order valence-electron chi connectivity index (χ2n) is 7.88. The van der Waals surface area contributed by atoms with Crippen LogP contribution in [0.5, 0.6) is 0 Å². The fourth-order valence-electron chi connectivity index (χ4n) is 3.61. The summed E-state index contributed by atoms with van der Waals surface area (Å²) in [6, 6.07) is 15.8. The molecule has 3 aromatic rings. The van der Waals surface area contributed by atoms with Crippen LogP contribution in [0.1, 0.15) is 41.8 Å². The predicted octanol–water partition coefficient (Wildman–Crippen LogP) is 3.42. The third-order valence-electron chi connectivity index (χ3n) is 5.36. The van der Waals surface area contributed by atoms with Crippen LogP contribution < -0.4 is 5.32 Å². The molecule has 1 saturated heterocycles. The quantitative estimate of drug-likeness (QED) is 0.606. The molecule has 0 saturated carbocycles. The topological polar surface area (TPSA) is 88.3 Å². The molecular weight excluding hydrogens is 392 g/mol. The lowest BCUT2D eigenvalue weighted by molar-refractivity contribution is -0.128. The minimum absolute atomic E-state index is 0.0739. The van der Waals surface area contributed by atoms with E-state index in [1.54, 1.807) is 0 Å². The molecule has 1 N–H and O–H groups in total. The van der Waals surface area contributed by atoms with Gasteiger partial charge >= 0.3 is 0 Å². The van der Waals surface area contributed by atoms with E-state index >= 15 is 0 Å². The summed E-state index contributed by atoms with van der Waals surface area (Å²) in [5, 5.41) is 11.0. The summed E-state index contributed by atoms with van der Waals surface area (Å²) < 4.78 is 5.68. The summed E-state index contributed by atoms with van der Waals surface area (Å²) in [5.41, 5.74) is 4.12. The van der Waals surface area contributed by atoms with E-state index in [0.717, 1.165) is 35.2 Å². The Balaban J connectivity index is 1.25. The van der Waals surface area contributed by atoms with E-state index < -0.39 is 0 Å². The maximum absolute atomic E-state index is 12.3. The fraction of sp³-hybridized carbons (Fsp3) is 0.333. The van der Waals surface area contributed by atoms with Crippen molar-refractivity contribution in [3.05, 3.63) is 71.1 Å². The first-order chi connectivity index (χ1) is 15.1. The largest absolute Gasteiger partial charge is 0.421 e. The van der Waals surface area contributed by atoms with Crippen LogP contribution in [-0.2, 0) is 29.1 Å². The standard InChI is InChI=1S/C24H26N4O3/c1-17-7-9-20(10-8-17)24-27-26-22(31-24)12-11-21(29)25-15-18-4-2-5-19(14-18)16-28-13-3-6-23(28)30/h2,4-5,7-10,14H,3,6,11-13,15-16H2,1H3,(H,25,29). The molecule has 2 heterocycles. The van der Waals surface area contributed by atoms with Crippen molar-refractivity contribution in [2.75, 3.05) is 6.54 Å². The van der Waals surface area contributed by atoms with Gasteiger partial charge in [-0.2, -0.15) is 0 Å². The van der Waals surface area contributed by atoms with Crippen molar-refractivity contribution in [3.63, 3.8) is 0 Å². The molecule has 1 aliphatic heterocycles. The number of hydrogen-bond acceptors (Lipinski definition) is 5. The van der Waals surface area contributed by atoms with Gasteiger partial charge in [-0.05, 0) is 36.6 Å². The Hall–Kier alpha value is -3.48. The van der Waals surface area contributed by atoms with Gasteiger partial charge in [-0.1, -0.05) is 42.0 Å². The molecule has 1 aromatic heterocycles. The average molecular weight is 418 g/mol. The van der Waals surface area contributed by atoms with Crippen LogP contribution in [0.3, 0.4) is 0 Å². The van der Waals surface area contributed by atoms with E-state index in [9.17, 15) is 9.59 Å². The first-order valence-corrected chi connectivity index (χ1v) is 10.6. The number of rotatable bonds is 8. The highest BCUT2D eigenvalue weighted by Crippen LogP contribution is 2.19. The van der Waals surface area contributed by atoms with Gasteiger partial charge in [0.2, 0.25) is 23.6 Å². The molecule has 0 aliphatic carbocycles. The van der Waals surface area contributed by atoms with Gasteiger partial charge in [-0.15, -0.1) is 10.2 Å². The summed E-state index contributed by atoms with van der Waals surface area (Å²) in [5.74, 6) is 1.05. The third-order valence-corrected chi connectivity index (χ3v) is 5.36. The summed E-state index contributed by atoms with van der Waals surface area (Å²) >= 11 is 0. The highest BCUT2D eigenvalue weighted by Gasteiger charge is 2.20. The number of likely N-dealkylation sites (tertiary alicyclic amines) is 1. The first-order valence-electron chi connectivity index (χ1n) is 10.6. The van der Waals surface area contributed by atoms with Crippen LogP contribution in [0, 0.1) is 6.92 Å². The molecule has 7 heteroatoms. The van der Waals surface area contributed by atoms with Gasteiger partial charge < -0.3 is 14.6 Å². The van der Waals surface area contributed by atoms with Gasteiger partial charge in [0.05, 0.1) is 0 Å². The number of carbonyl (C=O) groups is 2. The van der Waals surface area contributed by atoms with Crippen molar-refractivity contribution >= 4 is 11.8 Å². The normalized spacial score (nSPS) is 13.6. The molecule has 2 aromatic carbocycles. The average Bonchev–Trinajstić information content (AvgIpc) is 3.41. The minimum atomic E-state index is -0.0739. The van der Waals surface area contributed by atoms with Crippen molar-refractivity contribution in [2.24, 2.45) is 0 Å². The highest BCUT2D eigenvalue weighted by molar-refractivity contribution is 5.78. The summed E-state index contributed by atoms with van der Waals surface area (Å²) in [6.07, 6.45) is 2.24. The highest BCUT2D eigenvalue weighted by atomic mass is 16.4. The lowest BCUT2D eigenvalue weighted by Crippen LogP contribution is -2.24. The van der Waals surface area contributed by atoms with Crippen molar-refractivity contribution in [3.8, 4) is 11.5 Å². The van der Waals surface area contributed by atoms with Crippen LogP contribution in [0.2, 0.25) is 0 Å². The number of carbonyl (C=O) groups excluding carboxylic acids is 2. The lowest BCUT2D eigenvalue weighted by atomic mass is 10.1. The number of nitrogens with zero attached hydrogens (tertiary/aromatic N) is 3. The minimum Gasteiger partial charge on any atom is -0.421 e. The Bertz CT molecular complexity index is 1060. The molecule has 0 spiro atoms. The van der Waals surface area contributed by atoms with E-state index in [-0.39, 0.29) is 18.2 Å². The fourth-order valence-corrected chi connectivity index (χ4v) is 3.61. The van der Waals surface area contributed by atoms with Gasteiger partial charge in [0.25, 0.3) is 0 Å². The summed E-state index contributed by atoms with van der Waals surface area (Å²) in [6.45, 7) is 3.91. The number of benzene rings is 2. The zero-order chi connectivity index (χ0) is 21.6. The number of amides is 2. The molecule has 1 aliphatic rings. The molecule has 160 valence electrons. The second-order valence-corrected chi connectivity index (χ2v) is 7.88. The Morgan fingerprint density at radius 1 is 1.13 bits per heavy atom. The van der Waals surface area contributed by atoms with Crippen LogP contribution in [0.25, 0.3) is 11.5 Å². The van der Waals surface area contributed by atoms with Crippen LogP contribution in [0.15, 0.2) is 52.9 Å². The Morgan fingerprint density at radius 3 is 2.71 bits per heavy atom. The molecule has 4 rings (SSSR count). The third kappa shape index (κ3) is 5.57. The van der Waals surface area contributed by atoms with Crippen molar-refractivity contribution in [1.82, 2.24) is 20.4 Å². The number of hydrogen-bond donors (Lipinski definition) is 1. The molecule has 0 radical (unpaired) electrons. The molecule has 31 heavy (non-hydrogen) atoms. The number of aryl methyl sites for hydroxylation is 2. The van der Waals surface area contributed by atoms with Gasteiger partial charge in [0, 0.05) is 44.5 Å². The Labute approximate surface area is 181 Å². The SMILES string of the molecule is Cc1ccc(-c2nnc(CCC(=O)NCc3cccc(CN4CCCC4=O)c3)o2)cc1. The summed E-state index contributed by atoms with van der Waals surface area (Å²) in [7, 11) is 0. The zero-order valence-corrected chi connectivity index (χ0v) is 17.6. The van der Waals surface area contributed by atoms with Gasteiger partial charge in [0.15, 0.2) is 0 Å². The monoisotopic (exact) mass is 418 g/mol. The van der Waals surface area contributed by atoms with E-state index in [2.05, 4.69) is 15.5 Å². The van der Waals surface area contributed by atoms with Gasteiger partial charge in [-0.25, -0.2) is 0 Å². The van der Waals surface area contributed by atoms with Crippen molar-refractivity contribution in [1.29, 1.82) is 0 Å². The number of nitrogens with one attached hydrogen (secondary N) is 1. The van der Waals surface area contributed by atoms with Gasteiger partial charge in [-0.3, -0.25) is 9.59 Å². The molecule has 2 amide bonds. The molecule has 1 fully saturated rings. The lowest BCUT2D eigenvalue weighted by Gasteiger charge is -2.16. The number of aromatic nitrogens is 2. The van der Waals surface area contributed by atoms with Gasteiger partial charge in [0.1, 0.15) is 0 Å². The molecule has 0 atom stereocenters. The molecule has 0 unspecified atom stereocenters. The maximum Gasteiger partial charge on any atom is 0.247 e. The van der Waals surface area contributed by atoms with E-state index in [4.69, 9.17) is 4.42 Å². The second kappa shape index (κ2) is 9.55. The predicted molar refractivity (Wildman–Crippen MR) is 116 cm³/mol. The zero-order valence-electron chi connectivity index (χ0n) is 17.6. The summed E-state index contributed by atoms with van der Waals surface area (Å²) in [4.78, 5) is 26.0. The maximum atomic E-state index is 12.3. The van der Waals surface area contributed by atoms with E-state index in [1.165, 1.54) is 0 Å². The van der Waals surface area contributed by atoms with E-state index in [0.29, 0.717) is 37.7 Å². The van der Waals surface area contributed by atoms with Crippen molar-refractivity contribution in [2.45, 2.75) is 45.7 Å². The molecule has 7 nitrogen and oxygen atoms in total. The molecule has 0 bridgehead atoms. The van der Waals surface area contributed by atoms with Crippen LogP contribution in [-0.4, -0.2) is 33.5 Å². The molecular formula is C24H26N4O3. The van der Waals surface area contributed by atoms with E-state index in [1.807, 2.05) is 60.4 Å². The first kappa shape index (κ1) is 20.8. The van der Waals surface area contributed by atoms with Crippen LogP contribution >= 0.6 is 0 Å². The Morgan fingerprint density at radius 2 is 1.94 bits per heavy atom. The van der Waals surface area contributed by atoms with Crippen molar-refractivity contribution < 1.29 is 14.0 Å². The Kier molecular flexibility index (Phi) is 6.40. The smallest absolute Gasteiger partial charge is 0.247 e.